The highest BCUT2D eigenvalue weighted by atomic mass is 16.5. The Labute approximate surface area is 86.2 Å². The zero-order valence-electron chi connectivity index (χ0n) is 9.43. The van der Waals surface area contributed by atoms with Crippen LogP contribution in [0.15, 0.2) is 0 Å². The monoisotopic (exact) mass is 202 g/mol. The van der Waals surface area contributed by atoms with Gasteiger partial charge in [-0.1, -0.05) is 6.92 Å². The van der Waals surface area contributed by atoms with E-state index in [0.717, 1.165) is 19.6 Å². The smallest absolute Gasteiger partial charge is 0.224 e. The summed E-state index contributed by atoms with van der Waals surface area (Å²) in [5.41, 5.74) is 4.74. The highest BCUT2D eigenvalue weighted by Crippen LogP contribution is 2.11. The van der Waals surface area contributed by atoms with Crippen LogP contribution < -0.4 is 11.1 Å². The number of nitrogens with two attached hydrogens (primary N) is 1. The van der Waals surface area contributed by atoms with Gasteiger partial charge in [0, 0.05) is 19.7 Å². The number of carbonyl (C=O) groups excluding carboxylic acids is 1. The van der Waals surface area contributed by atoms with E-state index in [1.807, 2.05) is 13.8 Å². The molecule has 0 rings (SSSR count). The number of rotatable bonds is 8. The molecule has 0 atom stereocenters. The van der Waals surface area contributed by atoms with Crippen LogP contribution in [-0.4, -0.2) is 32.2 Å². The molecular formula is C10H22N2O2. The summed E-state index contributed by atoms with van der Waals surface area (Å²) in [7, 11) is 0. The second kappa shape index (κ2) is 6.79. The summed E-state index contributed by atoms with van der Waals surface area (Å²) in [6.07, 6.45) is 1.03. The van der Waals surface area contributed by atoms with Crippen molar-refractivity contribution in [3.8, 4) is 0 Å². The van der Waals surface area contributed by atoms with Crippen molar-refractivity contribution in [1.82, 2.24) is 5.32 Å². The first-order chi connectivity index (χ1) is 6.50. The van der Waals surface area contributed by atoms with Gasteiger partial charge < -0.3 is 15.8 Å². The Hall–Kier alpha value is -0.610. The molecule has 0 spiro atoms. The van der Waals surface area contributed by atoms with Crippen molar-refractivity contribution in [3.05, 3.63) is 0 Å². The number of carbonyl (C=O) groups is 1. The van der Waals surface area contributed by atoms with Gasteiger partial charge in [0.25, 0.3) is 0 Å². The molecule has 0 aliphatic rings. The summed E-state index contributed by atoms with van der Waals surface area (Å²) in [5.74, 6) is -0.278. The number of hydrogen-bond donors (Lipinski definition) is 2. The average Bonchev–Trinajstić information content (AvgIpc) is 2.10. The van der Waals surface area contributed by atoms with Crippen LogP contribution in [0.25, 0.3) is 0 Å². The number of nitrogens with one attached hydrogen (secondary N) is 1. The summed E-state index contributed by atoms with van der Waals surface area (Å²) in [6, 6.07) is 0. The van der Waals surface area contributed by atoms with Crippen LogP contribution in [0.5, 0.6) is 0 Å². The van der Waals surface area contributed by atoms with Gasteiger partial charge in [0.1, 0.15) is 0 Å². The van der Waals surface area contributed by atoms with Crippen LogP contribution in [0, 0.1) is 5.41 Å². The highest BCUT2D eigenvalue weighted by Gasteiger charge is 2.23. The van der Waals surface area contributed by atoms with E-state index in [-0.39, 0.29) is 5.91 Å². The Morgan fingerprint density at radius 3 is 2.57 bits per heavy atom. The van der Waals surface area contributed by atoms with Crippen LogP contribution >= 0.6 is 0 Å². The van der Waals surface area contributed by atoms with Crippen molar-refractivity contribution in [2.24, 2.45) is 11.1 Å². The quantitative estimate of drug-likeness (QED) is 0.564. The van der Waals surface area contributed by atoms with Crippen LogP contribution in [0.4, 0.5) is 0 Å². The van der Waals surface area contributed by atoms with Crippen LogP contribution in [0.2, 0.25) is 0 Å². The second-order valence-corrected chi connectivity index (χ2v) is 4.04. The molecule has 0 saturated heterocycles. The molecule has 4 nitrogen and oxygen atoms in total. The molecule has 3 N–H and O–H groups in total. The molecule has 0 aromatic heterocycles. The van der Waals surface area contributed by atoms with E-state index in [9.17, 15) is 4.79 Å². The maximum Gasteiger partial charge on any atom is 0.224 e. The van der Waals surface area contributed by atoms with Gasteiger partial charge in [0.2, 0.25) is 5.91 Å². The minimum absolute atomic E-state index is 0.278. The molecular weight excluding hydrogens is 180 g/mol. The summed E-state index contributed by atoms with van der Waals surface area (Å²) < 4.78 is 5.28. The van der Waals surface area contributed by atoms with Crippen LogP contribution in [-0.2, 0) is 9.53 Å². The molecule has 0 fully saturated rings. The van der Waals surface area contributed by atoms with E-state index in [0.29, 0.717) is 13.2 Å². The highest BCUT2D eigenvalue weighted by molar-refractivity contribution is 5.80. The molecule has 14 heavy (non-hydrogen) atoms. The third-order valence-electron chi connectivity index (χ3n) is 2.01. The SMILES string of the molecule is CCCOCCNCC(C)(C)C(N)=O. The maximum absolute atomic E-state index is 10.9. The van der Waals surface area contributed by atoms with E-state index in [2.05, 4.69) is 12.2 Å². The average molecular weight is 202 g/mol. The van der Waals surface area contributed by atoms with Gasteiger partial charge in [-0.3, -0.25) is 4.79 Å². The fourth-order valence-electron chi connectivity index (χ4n) is 0.879. The minimum atomic E-state index is -0.481. The minimum Gasteiger partial charge on any atom is -0.380 e. The molecule has 0 saturated carbocycles. The Morgan fingerprint density at radius 2 is 2.07 bits per heavy atom. The zero-order chi connectivity index (χ0) is 11.0. The van der Waals surface area contributed by atoms with Crippen molar-refractivity contribution >= 4 is 5.91 Å². The first kappa shape index (κ1) is 13.4. The van der Waals surface area contributed by atoms with E-state index in [1.165, 1.54) is 0 Å². The summed E-state index contributed by atoms with van der Waals surface area (Å²) in [6.45, 7) is 8.56. The lowest BCUT2D eigenvalue weighted by molar-refractivity contribution is -0.125. The van der Waals surface area contributed by atoms with Crippen molar-refractivity contribution in [3.63, 3.8) is 0 Å². The van der Waals surface area contributed by atoms with Gasteiger partial charge in [-0.05, 0) is 20.3 Å². The number of amides is 1. The summed E-state index contributed by atoms with van der Waals surface area (Å²) in [4.78, 5) is 10.9. The van der Waals surface area contributed by atoms with Crippen LogP contribution in [0.3, 0.4) is 0 Å². The lowest BCUT2D eigenvalue weighted by atomic mass is 9.93. The van der Waals surface area contributed by atoms with Crippen molar-refractivity contribution in [1.29, 1.82) is 0 Å². The number of primary amides is 1. The molecule has 0 radical (unpaired) electrons. The normalized spacial score (nSPS) is 11.6. The predicted octanol–water partition coefficient (Wildman–Crippen LogP) is 0.514. The molecule has 0 unspecified atom stereocenters. The third kappa shape index (κ3) is 5.94. The van der Waals surface area contributed by atoms with E-state index >= 15 is 0 Å². The third-order valence-corrected chi connectivity index (χ3v) is 2.01. The summed E-state index contributed by atoms with van der Waals surface area (Å²) >= 11 is 0. The van der Waals surface area contributed by atoms with Gasteiger partial charge in [-0.15, -0.1) is 0 Å². The van der Waals surface area contributed by atoms with Crippen molar-refractivity contribution in [2.75, 3.05) is 26.3 Å². The molecule has 0 aliphatic heterocycles. The fourth-order valence-corrected chi connectivity index (χ4v) is 0.879. The van der Waals surface area contributed by atoms with Crippen molar-refractivity contribution in [2.45, 2.75) is 27.2 Å². The van der Waals surface area contributed by atoms with Crippen LogP contribution in [0.1, 0.15) is 27.2 Å². The van der Waals surface area contributed by atoms with Gasteiger partial charge >= 0.3 is 0 Å². The molecule has 0 aromatic rings. The molecule has 84 valence electrons. The lowest BCUT2D eigenvalue weighted by Gasteiger charge is -2.20. The number of hydrogen-bond acceptors (Lipinski definition) is 3. The Bertz CT molecular complexity index is 170. The zero-order valence-corrected chi connectivity index (χ0v) is 9.43. The fraction of sp³-hybridized carbons (Fsp3) is 0.900. The Morgan fingerprint density at radius 1 is 1.43 bits per heavy atom. The number of ether oxygens (including phenoxy) is 1. The molecule has 0 aromatic carbocycles. The van der Waals surface area contributed by atoms with E-state index < -0.39 is 5.41 Å². The Kier molecular flexibility index (Phi) is 6.49. The summed E-state index contributed by atoms with van der Waals surface area (Å²) in [5, 5.41) is 3.14. The largest absolute Gasteiger partial charge is 0.380 e. The predicted molar refractivity (Wildman–Crippen MR) is 57.0 cm³/mol. The topological polar surface area (TPSA) is 64.3 Å². The molecule has 4 heteroatoms. The molecule has 0 heterocycles. The van der Waals surface area contributed by atoms with E-state index in [1.54, 1.807) is 0 Å². The lowest BCUT2D eigenvalue weighted by Crippen LogP contribution is -2.41. The van der Waals surface area contributed by atoms with Crippen molar-refractivity contribution < 1.29 is 9.53 Å². The van der Waals surface area contributed by atoms with Gasteiger partial charge in [-0.25, -0.2) is 0 Å². The van der Waals surface area contributed by atoms with Gasteiger partial charge in [0.05, 0.1) is 12.0 Å². The first-order valence-corrected chi connectivity index (χ1v) is 5.09. The second-order valence-electron chi connectivity index (χ2n) is 4.04. The molecule has 0 aliphatic carbocycles. The van der Waals surface area contributed by atoms with E-state index in [4.69, 9.17) is 10.5 Å². The van der Waals surface area contributed by atoms with Gasteiger partial charge in [-0.2, -0.15) is 0 Å². The maximum atomic E-state index is 10.9. The standard InChI is InChI=1S/C10H22N2O2/c1-4-6-14-7-5-12-8-10(2,3)9(11)13/h12H,4-8H2,1-3H3,(H2,11,13). The molecule has 0 bridgehead atoms. The Balaban J connectivity index is 3.40. The first-order valence-electron chi connectivity index (χ1n) is 5.09. The molecule has 1 amide bonds. The van der Waals surface area contributed by atoms with Gasteiger partial charge in [0.15, 0.2) is 0 Å².